The molecule has 0 radical (unpaired) electrons. The zero-order valence-electron chi connectivity index (χ0n) is 52.1. The van der Waals surface area contributed by atoms with Crippen LogP contribution in [0.5, 0.6) is 0 Å². The van der Waals surface area contributed by atoms with Crippen molar-refractivity contribution in [3.63, 3.8) is 0 Å². The molecule has 16 aromatic carbocycles. The summed E-state index contributed by atoms with van der Waals surface area (Å²) in [7, 11) is 0. The molecule has 0 bridgehead atoms. The van der Waals surface area contributed by atoms with Crippen molar-refractivity contribution in [1.82, 2.24) is 15.0 Å². The van der Waals surface area contributed by atoms with Gasteiger partial charge in [0.2, 0.25) is 0 Å². The Bertz CT molecular complexity index is 5090. The molecule has 0 unspecified atom stereocenters. The SMILES string of the molecule is c1ccc(-c2ccc(-c3nc(-c4ccc(-c5ccccc5)cc4)nc(-c4ccc(-c5ccccc5)cc4)n3)cc2)cc1.c1ccc2c(c1)-c1ccccc1C2(c1ccc(-c2c3ccccc3cc3ccccc23)cc1)c1ccc(-c2c3ccccc3cc3ccccc23)cc1. The van der Waals surface area contributed by atoms with E-state index in [4.69, 9.17) is 15.0 Å². The lowest BCUT2D eigenvalue weighted by atomic mass is 9.67. The van der Waals surface area contributed by atoms with Crippen LogP contribution in [0.25, 0.3) is 144 Å². The number of hydrogen-bond donors (Lipinski definition) is 0. The van der Waals surface area contributed by atoms with E-state index >= 15 is 0 Å². The molecule has 3 nitrogen and oxygen atoms in total. The molecule has 1 aliphatic rings. The highest BCUT2D eigenvalue weighted by molar-refractivity contribution is 6.14. The molecule has 1 aromatic heterocycles. The first-order chi connectivity index (χ1) is 47.1. The molecule has 0 spiro atoms. The lowest BCUT2D eigenvalue weighted by Crippen LogP contribution is -2.28. The monoisotopic (exact) mass is 1210 g/mol. The summed E-state index contributed by atoms with van der Waals surface area (Å²) in [5, 5.41) is 10.2. The van der Waals surface area contributed by atoms with Crippen LogP contribution >= 0.6 is 0 Å². The normalized spacial score (nSPS) is 12.1. The van der Waals surface area contributed by atoms with Crippen LogP contribution in [0, 0.1) is 0 Å². The van der Waals surface area contributed by atoms with E-state index in [1.807, 2.05) is 18.2 Å². The Hall–Kier alpha value is -12.4. The topological polar surface area (TPSA) is 38.7 Å². The van der Waals surface area contributed by atoms with E-state index in [1.54, 1.807) is 0 Å². The molecule has 0 N–H and O–H groups in total. The summed E-state index contributed by atoms with van der Waals surface area (Å²) in [6, 6.07) is 133. The molecular formula is C92H61N3. The standard InChI is InChI=1S/C53H34.C39H27N3/c1-5-17-43-37(13-1)33-38-14-2-6-18-44(38)51(43)35-25-29-41(30-26-35)53(49-23-11-9-21-47(49)48-22-10-12-24-50(48)53)42-31-27-36(28-32-42)52-45-19-7-3-15-39(45)34-40-16-4-8-20-46(40)52;1-4-10-28(11-5-1)31-16-22-34(23-17-31)37-40-38(35-24-18-32(19-25-35)29-12-6-2-7-13-29)42-39(41-37)36-26-20-33(21-27-36)30-14-8-3-9-15-30/h1-34H;1-27H. The summed E-state index contributed by atoms with van der Waals surface area (Å²) >= 11 is 0. The van der Waals surface area contributed by atoms with Crippen molar-refractivity contribution in [3.05, 3.63) is 392 Å². The third-order valence-electron chi connectivity index (χ3n) is 19.1. The van der Waals surface area contributed by atoms with Gasteiger partial charge < -0.3 is 0 Å². The van der Waals surface area contributed by atoms with Crippen molar-refractivity contribution in [2.24, 2.45) is 0 Å². The van der Waals surface area contributed by atoms with Gasteiger partial charge in [0.25, 0.3) is 0 Å². The number of aromatic nitrogens is 3. The van der Waals surface area contributed by atoms with Crippen molar-refractivity contribution < 1.29 is 0 Å². The highest BCUT2D eigenvalue weighted by atomic mass is 15.0. The molecule has 95 heavy (non-hydrogen) atoms. The number of benzene rings is 16. The zero-order valence-corrected chi connectivity index (χ0v) is 52.1. The summed E-state index contributed by atoms with van der Waals surface area (Å²) in [6.45, 7) is 0. The molecule has 1 aliphatic carbocycles. The minimum Gasteiger partial charge on any atom is -0.208 e. The third kappa shape index (κ3) is 10.3. The summed E-state index contributed by atoms with van der Waals surface area (Å²) in [6.07, 6.45) is 0. The van der Waals surface area contributed by atoms with E-state index in [0.717, 1.165) is 33.4 Å². The third-order valence-corrected chi connectivity index (χ3v) is 19.1. The Morgan fingerprint density at radius 3 is 0.716 bits per heavy atom. The largest absolute Gasteiger partial charge is 0.208 e. The number of nitrogens with zero attached hydrogens (tertiary/aromatic N) is 3. The molecule has 17 aromatic rings. The average Bonchev–Trinajstić information content (AvgIpc) is 1.57. The Kier molecular flexibility index (Phi) is 14.5. The maximum atomic E-state index is 4.95. The molecule has 0 saturated heterocycles. The van der Waals surface area contributed by atoms with Gasteiger partial charge in [-0.15, -0.1) is 0 Å². The molecule has 0 fully saturated rings. The van der Waals surface area contributed by atoms with Crippen LogP contribution in [-0.2, 0) is 5.41 Å². The molecular weight excluding hydrogens is 1150 g/mol. The summed E-state index contributed by atoms with van der Waals surface area (Å²) in [5.41, 5.74) is 22.2. The van der Waals surface area contributed by atoms with Gasteiger partial charge in [-0.1, -0.05) is 358 Å². The van der Waals surface area contributed by atoms with Crippen LogP contribution in [0.3, 0.4) is 0 Å². The molecule has 0 amide bonds. The molecule has 18 rings (SSSR count). The van der Waals surface area contributed by atoms with Gasteiger partial charge in [0.05, 0.1) is 5.41 Å². The second kappa shape index (κ2) is 24.3. The highest BCUT2D eigenvalue weighted by Gasteiger charge is 2.46. The van der Waals surface area contributed by atoms with Gasteiger partial charge in [-0.2, -0.15) is 0 Å². The molecule has 0 atom stereocenters. The van der Waals surface area contributed by atoms with Gasteiger partial charge in [0, 0.05) is 16.7 Å². The van der Waals surface area contributed by atoms with Crippen molar-refractivity contribution in [2.75, 3.05) is 0 Å². The van der Waals surface area contributed by atoms with Gasteiger partial charge in [0.1, 0.15) is 0 Å². The Morgan fingerprint density at radius 1 is 0.179 bits per heavy atom. The van der Waals surface area contributed by atoms with Crippen LogP contribution < -0.4 is 0 Å². The lowest BCUT2D eigenvalue weighted by Gasteiger charge is -2.34. The smallest absolute Gasteiger partial charge is 0.164 e. The quantitative estimate of drug-likeness (QED) is 0.128. The van der Waals surface area contributed by atoms with E-state index in [1.165, 1.54) is 115 Å². The van der Waals surface area contributed by atoms with Crippen LogP contribution in [0.1, 0.15) is 22.3 Å². The van der Waals surface area contributed by atoms with Crippen molar-refractivity contribution >= 4 is 43.1 Å². The van der Waals surface area contributed by atoms with E-state index in [0.29, 0.717) is 17.5 Å². The van der Waals surface area contributed by atoms with Gasteiger partial charge in [-0.3, -0.25) is 0 Å². The van der Waals surface area contributed by atoms with E-state index < -0.39 is 5.41 Å². The highest BCUT2D eigenvalue weighted by Crippen LogP contribution is 2.57. The fraction of sp³-hybridized carbons (Fsp3) is 0.0109. The first-order valence-corrected chi connectivity index (χ1v) is 32.5. The first-order valence-electron chi connectivity index (χ1n) is 32.5. The fourth-order valence-corrected chi connectivity index (χ4v) is 14.5. The minimum atomic E-state index is -0.480. The van der Waals surface area contributed by atoms with Crippen LogP contribution in [0.4, 0.5) is 0 Å². The molecule has 3 heteroatoms. The van der Waals surface area contributed by atoms with Crippen LogP contribution in [-0.4, -0.2) is 15.0 Å². The van der Waals surface area contributed by atoms with Crippen LogP contribution in [0.2, 0.25) is 0 Å². The van der Waals surface area contributed by atoms with Gasteiger partial charge in [0.15, 0.2) is 17.5 Å². The zero-order chi connectivity index (χ0) is 63.1. The predicted octanol–water partition coefficient (Wildman–Crippen LogP) is 23.9. The van der Waals surface area contributed by atoms with E-state index in [9.17, 15) is 0 Å². The summed E-state index contributed by atoms with van der Waals surface area (Å²) in [5.74, 6) is 1.94. The number of rotatable bonds is 10. The minimum absolute atomic E-state index is 0.480. The predicted molar refractivity (Wildman–Crippen MR) is 397 cm³/mol. The number of fused-ring (bicyclic) bond motifs is 7. The molecule has 0 aliphatic heterocycles. The molecule has 0 saturated carbocycles. The second-order valence-corrected chi connectivity index (χ2v) is 24.5. The van der Waals surface area contributed by atoms with Gasteiger partial charge in [-0.25, -0.2) is 15.0 Å². The Balaban J connectivity index is 0.000000148. The van der Waals surface area contributed by atoms with Crippen LogP contribution in [0.15, 0.2) is 370 Å². The first kappa shape index (κ1) is 56.5. The van der Waals surface area contributed by atoms with Crippen molar-refractivity contribution in [1.29, 1.82) is 0 Å². The fourth-order valence-electron chi connectivity index (χ4n) is 14.5. The second-order valence-electron chi connectivity index (χ2n) is 24.5. The Morgan fingerprint density at radius 2 is 0.411 bits per heavy atom. The Labute approximate surface area is 553 Å². The van der Waals surface area contributed by atoms with Gasteiger partial charge >= 0.3 is 0 Å². The lowest BCUT2D eigenvalue weighted by molar-refractivity contribution is 0.769. The number of hydrogen-bond acceptors (Lipinski definition) is 3. The van der Waals surface area contributed by atoms with E-state index in [-0.39, 0.29) is 0 Å². The maximum absolute atomic E-state index is 4.95. The van der Waals surface area contributed by atoms with E-state index in [2.05, 4.69) is 352 Å². The maximum Gasteiger partial charge on any atom is 0.164 e. The molecule has 1 heterocycles. The molecule has 444 valence electrons. The summed E-state index contributed by atoms with van der Waals surface area (Å²) < 4.78 is 0. The van der Waals surface area contributed by atoms with Crippen molar-refractivity contribution in [2.45, 2.75) is 5.41 Å². The van der Waals surface area contributed by atoms with Crippen molar-refractivity contribution in [3.8, 4) is 101 Å². The average molecular weight is 1210 g/mol. The van der Waals surface area contributed by atoms with Gasteiger partial charge in [-0.05, 0) is 144 Å². The summed E-state index contributed by atoms with van der Waals surface area (Å²) in [4.78, 5) is 14.8.